The summed E-state index contributed by atoms with van der Waals surface area (Å²) in [7, 11) is 0. The number of nitrogens with one attached hydrogen (secondary N) is 2. The van der Waals surface area contributed by atoms with Crippen LogP contribution in [0.1, 0.15) is 20.8 Å². The summed E-state index contributed by atoms with van der Waals surface area (Å²) < 4.78 is 16.2. The number of halogens is 2. The molecule has 0 spiro atoms. The van der Waals surface area contributed by atoms with Crippen molar-refractivity contribution >= 4 is 54.9 Å². The van der Waals surface area contributed by atoms with Crippen LogP contribution in [0, 0.1) is 5.41 Å². The number of alkyl halides is 2. The number of rotatable bonds is 3. The van der Waals surface area contributed by atoms with Gasteiger partial charge in [0, 0.05) is 0 Å². The Balaban J connectivity index is 1.73. The third-order valence-corrected chi connectivity index (χ3v) is 10.6. The van der Waals surface area contributed by atoms with E-state index in [1.807, 2.05) is 20.8 Å². The number of esters is 2. The zero-order valence-corrected chi connectivity index (χ0v) is 14.5. The predicted octanol–water partition coefficient (Wildman–Crippen LogP) is 0.871. The van der Waals surface area contributed by atoms with E-state index in [1.54, 1.807) is 0 Å². The minimum absolute atomic E-state index is 0.179. The Kier molecular flexibility index (Phi) is 2.73. The summed E-state index contributed by atoms with van der Waals surface area (Å²) in [5.41, 5.74) is -0.455. The molecule has 0 aromatic carbocycles. The molecule has 0 amide bonds. The van der Waals surface area contributed by atoms with Crippen LogP contribution in [-0.4, -0.2) is 31.7 Å². The topological polar surface area (TPSA) is 96.5 Å². The summed E-state index contributed by atoms with van der Waals surface area (Å²) >= 11 is 0.884. The first kappa shape index (κ1) is 13.3. The average Bonchev–Trinajstić information content (AvgIpc) is 3.07. The number of hydrogen-bond donors (Lipinski definition) is 2. The van der Waals surface area contributed by atoms with Gasteiger partial charge in [-0.25, -0.2) is 0 Å². The molecule has 3 fully saturated rings. The second-order valence-electron chi connectivity index (χ2n) is 5.52. The Morgan fingerprint density at radius 2 is 2.17 bits per heavy atom. The van der Waals surface area contributed by atoms with E-state index in [9.17, 15) is 9.59 Å². The third kappa shape index (κ3) is 1.71. The summed E-state index contributed by atoms with van der Waals surface area (Å²) in [6.07, 6.45) is -0.796. The Hall–Kier alpha value is 0.320. The van der Waals surface area contributed by atoms with Crippen molar-refractivity contribution in [1.82, 2.24) is 7.06 Å². The number of carbonyl (C=O) groups is 2. The van der Waals surface area contributed by atoms with E-state index in [0.717, 1.165) is 0 Å². The summed E-state index contributed by atoms with van der Waals surface area (Å²) in [5, 5.41) is 0. The molecule has 0 bridgehead atoms. The van der Waals surface area contributed by atoms with Gasteiger partial charge < -0.3 is 0 Å². The molecule has 0 aromatic heterocycles. The van der Waals surface area contributed by atoms with Crippen LogP contribution in [-0.2, 0) is 19.1 Å². The van der Waals surface area contributed by atoms with Gasteiger partial charge in [-0.05, 0) is 0 Å². The summed E-state index contributed by atoms with van der Waals surface area (Å²) in [5.74, 6) is -0.793. The maximum atomic E-state index is 12.3. The van der Waals surface area contributed by atoms with E-state index in [4.69, 9.17) is 9.47 Å². The van der Waals surface area contributed by atoms with E-state index in [-0.39, 0.29) is 9.64 Å². The molecule has 0 saturated carbocycles. The quantitative estimate of drug-likeness (QED) is 0.156. The Bertz CT molecular complexity index is 445. The molecule has 3 aliphatic rings. The molecule has 3 rings (SSSR count). The number of fused-ring (bicyclic) bond motifs is 1. The third-order valence-electron chi connectivity index (χ3n) is 3.43. The minimum atomic E-state index is -1.22. The van der Waals surface area contributed by atoms with Crippen LogP contribution in [0.4, 0.5) is 0 Å². The van der Waals surface area contributed by atoms with Crippen molar-refractivity contribution in [3.63, 3.8) is 0 Å². The summed E-state index contributed by atoms with van der Waals surface area (Å²) in [6, 6.07) is 0. The SMILES string of the molecule is CC1(C)COC(=O)C1OC(=O)C(C)(I)C12NI1N2. The molecular weight excluding hydrogens is 466 g/mol. The van der Waals surface area contributed by atoms with Crippen LogP contribution in [0.25, 0.3) is 0 Å². The molecule has 2 atom stereocenters. The first-order valence-electron chi connectivity index (χ1n) is 5.53. The molecule has 0 radical (unpaired) electrons. The summed E-state index contributed by atoms with van der Waals surface area (Å²) in [4.78, 5) is 23.9. The molecule has 6 nitrogen and oxygen atoms in total. The van der Waals surface area contributed by atoms with Gasteiger partial charge in [0.2, 0.25) is 0 Å². The molecule has 8 heteroatoms. The van der Waals surface area contributed by atoms with Gasteiger partial charge >= 0.3 is 127 Å². The number of hydrogen-bond acceptors (Lipinski definition) is 6. The first-order valence-corrected chi connectivity index (χ1v) is 9.84. The van der Waals surface area contributed by atoms with Crippen molar-refractivity contribution in [2.24, 2.45) is 5.41 Å². The predicted molar refractivity (Wildman–Crippen MR) is 80.1 cm³/mol. The van der Waals surface area contributed by atoms with Crippen LogP contribution >= 0.6 is 43.0 Å². The van der Waals surface area contributed by atoms with Crippen LogP contribution in [0.15, 0.2) is 0 Å². The normalized spacial score (nSPS) is 35.2. The average molecular weight is 480 g/mol. The number of ether oxygens (including phenoxy) is 2. The standard InChI is InChI=1S/C10H14I2N2O4/c1-8(2)4-17-6(15)5(8)18-7(16)9(3,11)10-12(13-10)14-10/h5,13-14H,4H2,1-3H3. The monoisotopic (exact) mass is 480 g/mol. The van der Waals surface area contributed by atoms with Gasteiger partial charge in [0.15, 0.2) is 0 Å². The molecule has 18 heavy (non-hydrogen) atoms. The fourth-order valence-electron chi connectivity index (χ4n) is 1.87. The van der Waals surface area contributed by atoms with Crippen LogP contribution in [0.2, 0.25) is 0 Å². The van der Waals surface area contributed by atoms with Crippen molar-refractivity contribution in [2.75, 3.05) is 6.61 Å². The van der Waals surface area contributed by atoms with Crippen molar-refractivity contribution in [3.8, 4) is 0 Å². The van der Waals surface area contributed by atoms with Gasteiger partial charge in [0.25, 0.3) is 0 Å². The van der Waals surface area contributed by atoms with E-state index in [2.05, 4.69) is 29.7 Å². The van der Waals surface area contributed by atoms with E-state index < -0.39 is 41.3 Å². The number of cyclic esters (lactones) is 1. The zero-order valence-electron chi connectivity index (χ0n) is 10.2. The molecule has 102 valence electrons. The molecule has 2 unspecified atom stereocenters. The Labute approximate surface area is 126 Å². The fraction of sp³-hybridized carbons (Fsp3) is 0.800. The zero-order chi connectivity index (χ0) is 13.3. The molecule has 3 aliphatic heterocycles. The van der Waals surface area contributed by atoms with E-state index >= 15 is 0 Å². The molecule has 3 heterocycles. The van der Waals surface area contributed by atoms with Crippen LogP contribution < -0.4 is 7.06 Å². The van der Waals surface area contributed by atoms with Crippen LogP contribution in [0.3, 0.4) is 0 Å². The Morgan fingerprint density at radius 1 is 1.61 bits per heavy atom. The second kappa shape index (κ2) is 3.70. The van der Waals surface area contributed by atoms with Gasteiger partial charge in [0.1, 0.15) is 0 Å². The second-order valence-corrected chi connectivity index (χ2v) is 12.0. The Morgan fingerprint density at radius 3 is 2.56 bits per heavy atom. The van der Waals surface area contributed by atoms with Gasteiger partial charge in [-0.1, -0.05) is 0 Å². The van der Waals surface area contributed by atoms with E-state index in [0.29, 0.717) is 6.61 Å². The van der Waals surface area contributed by atoms with Gasteiger partial charge in [-0.3, -0.25) is 0 Å². The van der Waals surface area contributed by atoms with Gasteiger partial charge in [0.05, 0.1) is 0 Å². The van der Waals surface area contributed by atoms with Crippen molar-refractivity contribution in [2.45, 2.75) is 34.0 Å². The molecule has 0 aromatic rings. The fourth-order valence-corrected chi connectivity index (χ4v) is 9.63. The van der Waals surface area contributed by atoms with Crippen molar-refractivity contribution in [3.05, 3.63) is 0 Å². The maximum absolute atomic E-state index is 12.3. The van der Waals surface area contributed by atoms with E-state index in [1.165, 1.54) is 0 Å². The van der Waals surface area contributed by atoms with Crippen molar-refractivity contribution < 1.29 is 19.1 Å². The molecule has 2 N–H and O–H groups in total. The summed E-state index contributed by atoms with van der Waals surface area (Å²) in [6.45, 7) is 5.86. The molecule has 3 saturated heterocycles. The van der Waals surface area contributed by atoms with Crippen LogP contribution in [0.5, 0.6) is 0 Å². The van der Waals surface area contributed by atoms with Gasteiger partial charge in [-0.2, -0.15) is 0 Å². The van der Waals surface area contributed by atoms with Gasteiger partial charge in [-0.15, -0.1) is 0 Å². The number of carbonyl (C=O) groups excluding carboxylic acids is 2. The van der Waals surface area contributed by atoms with Crippen molar-refractivity contribution in [1.29, 1.82) is 0 Å². The molecule has 0 aliphatic carbocycles. The first-order chi connectivity index (χ1) is 8.21. The molecular formula is C10H14I2N2O4.